The predicted octanol–water partition coefficient (Wildman–Crippen LogP) is 1.57. The van der Waals surface area contributed by atoms with E-state index in [1.54, 1.807) is 0 Å². The van der Waals surface area contributed by atoms with Crippen LogP contribution in [-0.4, -0.2) is 30.7 Å². The minimum absolute atomic E-state index is 0.0187. The highest BCUT2D eigenvalue weighted by atomic mass is 19.3. The minimum Gasteiger partial charge on any atom is -0.481 e. The molecular weight excluding hydrogens is 258 g/mol. The van der Waals surface area contributed by atoms with Crippen LogP contribution in [0.4, 0.5) is 8.78 Å². The van der Waals surface area contributed by atoms with Crippen molar-refractivity contribution in [3.05, 3.63) is 23.3 Å². The molecule has 1 aliphatic carbocycles. The molecule has 0 spiro atoms. The molecule has 0 atom stereocenters. The van der Waals surface area contributed by atoms with Crippen LogP contribution in [-0.2, 0) is 11.2 Å². The third kappa shape index (κ3) is 2.25. The topological polar surface area (TPSA) is 80.4 Å². The van der Waals surface area contributed by atoms with E-state index in [0.717, 1.165) is 17.4 Å². The Hall–Kier alpha value is -2.12. The molecule has 100 valence electrons. The molecule has 1 saturated carbocycles. The first-order chi connectivity index (χ1) is 9.04. The van der Waals surface area contributed by atoms with Crippen LogP contribution in [0.15, 0.2) is 6.07 Å². The van der Waals surface area contributed by atoms with Crippen LogP contribution in [0.2, 0.25) is 0 Å². The molecule has 6 nitrogen and oxygen atoms in total. The van der Waals surface area contributed by atoms with Crippen molar-refractivity contribution < 1.29 is 18.7 Å². The molecule has 0 saturated heterocycles. The number of halogens is 2. The van der Waals surface area contributed by atoms with E-state index in [9.17, 15) is 13.6 Å². The van der Waals surface area contributed by atoms with Crippen LogP contribution in [0.25, 0.3) is 5.78 Å². The van der Waals surface area contributed by atoms with E-state index in [2.05, 4.69) is 15.1 Å². The van der Waals surface area contributed by atoms with Crippen molar-refractivity contribution in [1.82, 2.24) is 19.6 Å². The number of carbonyl (C=O) groups is 1. The molecule has 0 radical (unpaired) electrons. The Morgan fingerprint density at radius 3 is 2.79 bits per heavy atom. The molecule has 8 heteroatoms. The fourth-order valence-electron chi connectivity index (χ4n) is 1.91. The van der Waals surface area contributed by atoms with E-state index in [1.165, 1.54) is 6.07 Å². The largest absolute Gasteiger partial charge is 0.481 e. The van der Waals surface area contributed by atoms with Crippen molar-refractivity contribution >= 4 is 11.7 Å². The molecule has 2 heterocycles. The molecule has 0 aliphatic heterocycles. The lowest BCUT2D eigenvalue weighted by molar-refractivity contribution is -0.136. The summed E-state index contributed by atoms with van der Waals surface area (Å²) < 4.78 is 26.9. The highest BCUT2D eigenvalue weighted by Crippen LogP contribution is 2.40. The molecule has 0 amide bonds. The van der Waals surface area contributed by atoms with Crippen LogP contribution >= 0.6 is 0 Å². The van der Waals surface area contributed by atoms with Gasteiger partial charge in [-0.05, 0) is 18.9 Å². The van der Waals surface area contributed by atoms with Crippen LogP contribution in [0.1, 0.15) is 42.4 Å². The zero-order valence-electron chi connectivity index (χ0n) is 9.75. The summed E-state index contributed by atoms with van der Waals surface area (Å²) in [4.78, 5) is 18.7. The van der Waals surface area contributed by atoms with Crippen molar-refractivity contribution in [2.75, 3.05) is 0 Å². The number of rotatable bonds is 4. The van der Waals surface area contributed by atoms with Gasteiger partial charge in [-0.25, -0.2) is 13.8 Å². The zero-order valence-corrected chi connectivity index (χ0v) is 9.75. The van der Waals surface area contributed by atoms with E-state index in [1.807, 2.05) is 0 Å². The zero-order chi connectivity index (χ0) is 13.6. The first kappa shape index (κ1) is 11.9. The Bertz CT molecular complexity index is 651. The summed E-state index contributed by atoms with van der Waals surface area (Å²) in [6, 6.07) is 1.33. The Morgan fingerprint density at radius 1 is 1.47 bits per heavy atom. The number of hydrogen-bond donors (Lipinski definition) is 1. The highest BCUT2D eigenvalue weighted by molar-refractivity contribution is 5.69. The third-order valence-corrected chi connectivity index (χ3v) is 2.93. The lowest BCUT2D eigenvalue weighted by atomic mass is 10.2. The number of hydrogen-bond acceptors (Lipinski definition) is 4. The van der Waals surface area contributed by atoms with Gasteiger partial charge in [0.1, 0.15) is 12.1 Å². The van der Waals surface area contributed by atoms with Gasteiger partial charge in [0.2, 0.25) is 0 Å². The van der Waals surface area contributed by atoms with Crippen molar-refractivity contribution in [3.8, 4) is 0 Å². The maximum atomic E-state index is 13.0. The summed E-state index contributed by atoms with van der Waals surface area (Å²) in [7, 11) is 0. The molecule has 3 rings (SSSR count). The van der Waals surface area contributed by atoms with E-state index in [0.29, 0.717) is 5.69 Å². The Morgan fingerprint density at radius 2 is 2.21 bits per heavy atom. The minimum atomic E-state index is -2.71. The maximum Gasteiger partial charge on any atom is 0.311 e. The number of carboxylic acids is 1. The van der Waals surface area contributed by atoms with Crippen LogP contribution in [0.5, 0.6) is 0 Å². The smallest absolute Gasteiger partial charge is 0.311 e. The lowest BCUT2D eigenvalue weighted by Crippen LogP contribution is -2.05. The Kier molecular flexibility index (Phi) is 2.65. The second-order valence-electron chi connectivity index (χ2n) is 4.49. The average molecular weight is 268 g/mol. The molecule has 1 aliphatic rings. The van der Waals surface area contributed by atoms with E-state index >= 15 is 0 Å². The van der Waals surface area contributed by atoms with E-state index in [-0.39, 0.29) is 23.2 Å². The summed E-state index contributed by atoms with van der Waals surface area (Å²) in [6.45, 7) is 0. The maximum absolute atomic E-state index is 13.0. The van der Waals surface area contributed by atoms with Crippen molar-refractivity contribution in [2.24, 2.45) is 0 Å². The van der Waals surface area contributed by atoms with Gasteiger partial charge < -0.3 is 5.11 Å². The summed E-state index contributed by atoms with van der Waals surface area (Å²) >= 11 is 0. The van der Waals surface area contributed by atoms with E-state index < -0.39 is 18.8 Å². The van der Waals surface area contributed by atoms with Gasteiger partial charge in [0, 0.05) is 11.6 Å². The number of aromatic nitrogens is 4. The van der Waals surface area contributed by atoms with Crippen LogP contribution < -0.4 is 0 Å². The fraction of sp³-hybridized carbons (Fsp3) is 0.455. The molecule has 2 aromatic heterocycles. The first-order valence-corrected chi connectivity index (χ1v) is 5.81. The fourth-order valence-corrected chi connectivity index (χ4v) is 1.91. The van der Waals surface area contributed by atoms with Gasteiger partial charge in [-0.15, -0.1) is 5.10 Å². The third-order valence-electron chi connectivity index (χ3n) is 2.93. The highest BCUT2D eigenvalue weighted by Gasteiger charge is 2.28. The molecule has 19 heavy (non-hydrogen) atoms. The van der Waals surface area contributed by atoms with Gasteiger partial charge in [0.25, 0.3) is 12.2 Å². The number of alkyl halides is 2. The Balaban J connectivity index is 2.12. The quantitative estimate of drug-likeness (QED) is 0.910. The number of aliphatic carboxylic acids is 1. The predicted molar refractivity (Wildman–Crippen MR) is 59.1 cm³/mol. The molecule has 1 N–H and O–H groups in total. The molecule has 0 bridgehead atoms. The number of nitrogens with zero attached hydrogens (tertiary/aromatic N) is 4. The first-order valence-electron chi connectivity index (χ1n) is 5.81. The summed E-state index contributed by atoms with van der Waals surface area (Å²) in [6.07, 6.45) is -1.25. The summed E-state index contributed by atoms with van der Waals surface area (Å²) in [5, 5.41) is 12.4. The SMILES string of the molecule is O=C(O)Cc1nc2nc(C3CC3)cc(C(F)F)n2n1. The lowest BCUT2D eigenvalue weighted by Gasteiger charge is -2.04. The van der Waals surface area contributed by atoms with Gasteiger partial charge in [-0.3, -0.25) is 4.79 Å². The van der Waals surface area contributed by atoms with Crippen LogP contribution in [0, 0.1) is 0 Å². The average Bonchev–Trinajstić information content (AvgIpc) is 3.08. The molecular formula is C11H10F2N4O2. The second-order valence-corrected chi connectivity index (χ2v) is 4.49. The van der Waals surface area contributed by atoms with Crippen molar-refractivity contribution in [3.63, 3.8) is 0 Å². The molecule has 0 aromatic carbocycles. The van der Waals surface area contributed by atoms with Gasteiger partial charge in [-0.2, -0.15) is 9.50 Å². The van der Waals surface area contributed by atoms with E-state index in [4.69, 9.17) is 5.11 Å². The molecule has 2 aromatic rings. The summed E-state index contributed by atoms with van der Waals surface area (Å²) in [5.41, 5.74) is 0.285. The van der Waals surface area contributed by atoms with Gasteiger partial charge in [-0.1, -0.05) is 0 Å². The molecule has 0 unspecified atom stereocenters. The second kappa shape index (κ2) is 4.22. The van der Waals surface area contributed by atoms with Gasteiger partial charge in [0.05, 0.1) is 0 Å². The monoisotopic (exact) mass is 268 g/mol. The van der Waals surface area contributed by atoms with Gasteiger partial charge in [0.15, 0.2) is 5.82 Å². The van der Waals surface area contributed by atoms with Gasteiger partial charge >= 0.3 is 5.97 Å². The van der Waals surface area contributed by atoms with Crippen LogP contribution in [0.3, 0.4) is 0 Å². The standard InChI is InChI=1S/C11H10F2N4O2/c12-10(13)7-3-6(5-1-2-5)14-11-15-8(4-9(18)19)16-17(7)11/h3,5,10H,1-2,4H2,(H,18,19). The normalized spacial score (nSPS) is 15.3. The number of fused-ring (bicyclic) bond motifs is 1. The number of carboxylic acid groups (broad SMARTS) is 1. The Labute approximate surface area is 106 Å². The van der Waals surface area contributed by atoms with Crippen molar-refractivity contribution in [2.45, 2.75) is 31.6 Å². The summed E-state index contributed by atoms with van der Waals surface area (Å²) in [5.74, 6) is -0.884. The molecule has 1 fully saturated rings. The van der Waals surface area contributed by atoms with Crippen molar-refractivity contribution in [1.29, 1.82) is 0 Å².